The Morgan fingerprint density at radius 2 is 1.42 bits per heavy atom. The highest BCUT2D eigenvalue weighted by Crippen LogP contribution is 2.21. The molecule has 2 aromatic rings. The third-order valence-corrected chi connectivity index (χ3v) is 4.92. The number of hydrogen-bond acceptors (Lipinski definition) is 7. The Kier molecular flexibility index (Phi) is 4.84. The molecule has 1 aromatic heterocycles. The van der Waals surface area contributed by atoms with E-state index in [1.165, 1.54) is 0 Å². The number of aromatic nitrogens is 2. The summed E-state index contributed by atoms with van der Waals surface area (Å²) < 4.78 is 5.38. The first-order chi connectivity index (χ1) is 12.8. The molecule has 3 heterocycles. The largest absolute Gasteiger partial charge is 0.378 e. The predicted octanol–water partition coefficient (Wildman–Crippen LogP) is 1.51. The molecule has 0 saturated carbocycles. The topological polar surface area (TPSA) is 68.5 Å². The fourth-order valence-electron chi connectivity index (χ4n) is 3.41. The van der Waals surface area contributed by atoms with Crippen molar-refractivity contribution in [2.45, 2.75) is 0 Å². The summed E-state index contributed by atoms with van der Waals surface area (Å²) in [5.41, 5.74) is 1.81. The van der Waals surface area contributed by atoms with Crippen molar-refractivity contribution in [3.05, 3.63) is 42.0 Å². The number of piperazine rings is 1. The van der Waals surface area contributed by atoms with Gasteiger partial charge in [-0.25, -0.2) is 0 Å². The molecule has 0 unspecified atom stereocenters. The van der Waals surface area contributed by atoms with Crippen LogP contribution in [0.5, 0.6) is 0 Å². The van der Waals surface area contributed by atoms with E-state index in [4.69, 9.17) is 10.00 Å². The molecular formula is C19H22N6O. The average molecular weight is 350 g/mol. The van der Waals surface area contributed by atoms with Gasteiger partial charge in [-0.05, 0) is 30.3 Å². The highest BCUT2D eigenvalue weighted by atomic mass is 16.5. The van der Waals surface area contributed by atoms with Gasteiger partial charge in [-0.15, -0.1) is 10.2 Å². The fourth-order valence-corrected chi connectivity index (χ4v) is 3.41. The summed E-state index contributed by atoms with van der Waals surface area (Å²) in [6, 6.07) is 14.1. The van der Waals surface area contributed by atoms with E-state index in [0.29, 0.717) is 5.56 Å². The summed E-state index contributed by atoms with van der Waals surface area (Å²) in [6.07, 6.45) is 0. The number of morpholine rings is 1. The molecule has 0 aliphatic carbocycles. The van der Waals surface area contributed by atoms with E-state index in [1.54, 1.807) is 0 Å². The maximum absolute atomic E-state index is 9.07. The molecule has 26 heavy (non-hydrogen) atoms. The molecule has 0 atom stereocenters. The van der Waals surface area contributed by atoms with Gasteiger partial charge in [-0.2, -0.15) is 5.26 Å². The molecule has 0 amide bonds. The lowest BCUT2D eigenvalue weighted by molar-refractivity contribution is 0.122. The van der Waals surface area contributed by atoms with Crippen molar-refractivity contribution in [1.29, 1.82) is 5.26 Å². The Labute approximate surface area is 153 Å². The monoisotopic (exact) mass is 350 g/mol. The zero-order valence-corrected chi connectivity index (χ0v) is 14.7. The first-order valence-electron chi connectivity index (χ1n) is 9.00. The van der Waals surface area contributed by atoms with E-state index < -0.39 is 0 Å². The fraction of sp³-hybridized carbons (Fsp3) is 0.421. The third-order valence-electron chi connectivity index (χ3n) is 4.92. The van der Waals surface area contributed by atoms with Crippen LogP contribution in [0.25, 0.3) is 0 Å². The zero-order valence-electron chi connectivity index (χ0n) is 14.7. The van der Waals surface area contributed by atoms with Crippen LogP contribution >= 0.6 is 0 Å². The van der Waals surface area contributed by atoms with Crippen LogP contribution < -0.4 is 14.7 Å². The summed E-state index contributed by atoms with van der Waals surface area (Å²) in [5, 5.41) is 17.9. The van der Waals surface area contributed by atoms with Crippen LogP contribution in [0, 0.1) is 11.3 Å². The van der Waals surface area contributed by atoms with Gasteiger partial charge in [0.2, 0.25) is 0 Å². The van der Waals surface area contributed by atoms with Gasteiger partial charge in [0.05, 0.1) is 24.8 Å². The summed E-state index contributed by atoms with van der Waals surface area (Å²) in [6.45, 7) is 6.83. The molecule has 7 nitrogen and oxygen atoms in total. The van der Waals surface area contributed by atoms with Gasteiger partial charge in [0.25, 0.3) is 0 Å². The van der Waals surface area contributed by atoms with Crippen molar-refractivity contribution in [1.82, 2.24) is 10.2 Å². The highest BCUT2D eigenvalue weighted by Gasteiger charge is 2.20. The highest BCUT2D eigenvalue weighted by molar-refractivity contribution is 5.53. The van der Waals surface area contributed by atoms with Crippen LogP contribution in [0.1, 0.15) is 5.56 Å². The van der Waals surface area contributed by atoms with E-state index in [1.807, 2.05) is 18.2 Å². The molecule has 134 valence electrons. The minimum Gasteiger partial charge on any atom is -0.378 e. The van der Waals surface area contributed by atoms with Gasteiger partial charge in [-0.3, -0.25) is 0 Å². The van der Waals surface area contributed by atoms with Crippen LogP contribution in [0.4, 0.5) is 17.3 Å². The lowest BCUT2D eigenvalue weighted by atomic mass is 10.2. The Balaban J connectivity index is 1.37. The summed E-state index contributed by atoms with van der Waals surface area (Å²) in [4.78, 5) is 6.79. The van der Waals surface area contributed by atoms with Crippen LogP contribution in [0.3, 0.4) is 0 Å². The quantitative estimate of drug-likeness (QED) is 0.831. The molecule has 0 bridgehead atoms. The van der Waals surface area contributed by atoms with Crippen molar-refractivity contribution in [3.8, 4) is 6.07 Å². The first-order valence-corrected chi connectivity index (χ1v) is 9.00. The van der Waals surface area contributed by atoms with Gasteiger partial charge in [-0.1, -0.05) is 6.07 Å². The SMILES string of the molecule is N#Cc1cccc(N2CCN(c3ccc(N4CCOCC4)nn3)CC2)c1. The molecule has 1 aromatic carbocycles. The molecule has 7 heteroatoms. The van der Waals surface area contributed by atoms with Crippen LogP contribution in [-0.4, -0.2) is 62.7 Å². The molecule has 0 radical (unpaired) electrons. The maximum Gasteiger partial charge on any atom is 0.151 e. The number of ether oxygens (including phenoxy) is 1. The van der Waals surface area contributed by atoms with Gasteiger partial charge in [0.15, 0.2) is 11.6 Å². The van der Waals surface area contributed by atoms with Gasteiger partial charge >= 0.3 is 0 Å². The van der Waals surface area contributed by atoms with Crippen molar-refractivity contribution < 1.29 is 4.74 Å². The smallest absolute Gasteiger partial charge is 0.151 e. The molecule has 4 rings (SSSR count). The number of hydrogen-bond donors (Lipinski definition) is 0. The van der Waals surface area contributed by atoms with E-state index in [9.17, 15) is 0 Å². The zero-order chi connectivity index (χ0) is 17.8. The van der Waals surface area contributed by atoms with Crippen molar-refractivity contribution in [3.63, 3.8) is 0 Å². The van der Waals surface area contributed by atoms with Gasteiger partial charge in [0, 0.05) is 45.0 Å². The number of benzene rings is 1. The molecular weight excluding hydrogens is 328 g/mol. The van der Waals surface area contributed by atoms with Crippen molar-refractivity contribution in [2.75, 3.05) is 67.2 Å². The number of nitriles is 1. The molecule has 0 N–H and O–H groups in total. The second-order valence-electron chi connectivity index (χ2n) is 6.49. The van der Waals surface area contributed by atoms with Crippen LogP contribution in [0.2, 0.25) is 0 Å². The molecule has 2 fully saturated rings. The van der Waals surface area contributed by atoms with E-state index in [-0.39, 0.29) is 0 Å². The second kappa shape index (κ2) is 7.58. The Bertz CT molecular complexity index is 773. The third kappa shape index (κ3) is 3.55. The summed E-state index contributed by atoms with van der Waals surface area (Å²) >= 11 is 0. The van der Waals surface area contributed by atoms with Crippen molar-refractivity contribution >= 4 is 17.3 Å². The maximum atomic E-state index is 9.07. The van der Waals surface area contributed by atoms with Gasteiger partial charge < -0.3 is 19.4 Å². The lowest BCUT2D eigenvalue weighted by Crippen LogP contribution is -2.47. The van der Waals surface area contributed by atoms with E-state index in [2.05, 4.69) is 49.2 Å². The molecule has 2 saturated heterocycles. The minimum atomic E-state index is 0.703. The summed E-state index contributed by atoms with van der Waals surface area (Å²) in [5.74, 6) is 1.84. The van der Waals surface area contributed by atoms with Gasteiger partial charge in [0.1, 0.15) is 0 Å². The van der Waals surface area contributed by atoms with Crippen LogP contribution in [0.15, 0.2) is 36.4 Å². The standard InChI is InChI=1S/C19H22N6O/c20-15-16-2-1-3-17(14-16)23-6-8-24(9-7-23)18-4-5-19(22-21-18)25-10-12-26-13-11-25/h1-5,14H,6-13H2. The lowest BCUT2D eigenvalue weighted by Gasteiger charge is -2.36. The molecule has 2 aliphatic rings. The first kappa shape index (κ1) is 16.6. The van der Waals surface area contributed by atoms with Crippen LogP contribution in [-0.2, 0) is 4.74 Å². The molecule has 2 aliphatic heterocycles. The summed E-state index contributed by atoms with van der Waals surface area (Å²) in [7, 11) is 0. The average Bonchev–Trinajstić information content (AvgIpc) is 2.75. The number of rotatable bonds is 3. The minimum absolute atomic E-state index is 0.703. The van der Waals surface area contributed by atoms with Crippen molar-refractivity contribution in [2.24, 2.45) is 0 Å². The van der Waals surface area contributed by atoms with E-state index in [0.717, 1.165) is 69.8 Å². The predicted molar refractivity (Wildman–Crippen MR) is 101 cm³/mol. The second-order valence-corrected chi connectivity index (χ2v) is 6.49. The number of anilines is 3. The van der Waals surface area contributed by atoms with E-state index >= 15 is 0 Å². The normalized spacial score (nSPS) is 17.9. The Morgan fingerprint density at radius 3 is 2.04 bits per heavy atom. The molecule has 0 spiro atoms. The Hall–Kier alpha value is -2.85. The number of nitrogens with zero attached hydrogens (tertiary/aromatic N) is 6. The Morgan fingerprint density at radius 1 is 0.808 bits per heavy atom.